The molecule has 3 unspecified atom stereocenters. The Morgan fingerprint density at radius 3 is 2.75 bits per heavy atom. The molecule has 134 valence electrons. The number of carbonyl (C=O) groups excluding carboxylic acids is 1. The van der Waals surface area contributed by atoms with Gasteiger partial charge in [-0.15, -0.1) is 0 Å². The highest BCUT2D eigenvalue weighted by atomic mass is 16.5. The second-order valence-electron chi connectivity index (χ2n) is 6.96. The molecule has 0 radical (unpaired) electrons. The average molecular weight is 335 g/mol. The molecule has 2 aliphatic heterocycles. The summed E-state index contributed by atoms with van der Waals surface area (Å²) in [5.74, 6) is 1.41. The molecule has 0 aliphatic carbocycles. The zero-order chi connectivity index (χ0) is 17.1. The quantitative estimate of drug-likeness (QED) is 0.893. The number of likely N-dealkylation sites (tertiary alicyclic amines) is 1. The molecule has 3 rings (SSSR count). The van der Waals surface area contributed by atoms with E-state index in [9.17, 15) is 4.79 Å². The summed E-state index contributed by atoms with van der Waals surface area (Å²) >= 11 is 0. The highest BCUT2D eigenvalue weighted by molar-refractivity contribution is 5.75. The van der Waals surface area contributed by atoms with Gasteiger partial charge in [0, 0.05) is 63.6 Å². The minimum absolute atomic E-state index is 0.0410. The Kier molecular flexibility index (Phi) is 5.40. The fourth-order valence-corrected chi connectivity index (χ4v) is 3.63. The predicted octanol–water partition coefficient (Wildman–Crippen LogP) is 1.03. The summed E-state index contributed by atoms with van der Waals surface area (Å²) in [6.07, 6.45) is 4.76. The number of rotatable bonds is 4. The molecule has 2 aliphatic rings. The van der Waals surface area contributed by atoms with Gasteiger partial charge < -0.3 is 19.5 Å². The Labute approximate surface area is 144 Å². The van der Waals surface area contributed by atoms with Gasteiger partial charge in [-0.05, 0) is 20.3 Å². The molecular weight excluding hydrogens is 306 g/mol. The number of nitrogens with one attached hydrogen (secondary N) is 1. The van der Waals surface area contributed by atoms with E-state index < -0.39 is 0 Å². The van der Waals surface area contributed by atoms with Crippen LogP contribution in [0.3, 0.4) is 0 Å². The van der Waals surface area contributed by atoms with Gasteiger partial charge in [-0.3, -0.25) is 4.90 Å². The van der Waals surface area contributed by atoms with Crippen LogP contribution in [0.15, 0.2) is 12.4 Å². The van der Waals surface area contributed by atoms with Crippen molar-refractivity contribution in [3.05, 3.63) is 18.2 Å². The number of hydrogen-bond donors (Lipinski definition) is 1. The van der Waals surface area contributed by atoms with Crippen LogP contribution in [-0.4, -0.2) is 76.9 Å². The van der Waals surface area contributed by atoms with E-state index in [0.29, 0.717) is 12.0 Å². The van der Waals surface area contributed by atoms with E-state index in [2.05, 4.69) is 33.6 Å². The number of imidazole rings is 1. The lowest BCUT2D eigenvalue weighted by Gasteiger charge is -2.36. The van der Waals surface area contributed by atoms with Crippen LogP contribution in [0.1, 0.15) is 32.0 Å². The van der Waals surface area contributed by atoms with Crippen LogP contribution in [0.5, 0.6) is 0 Å². The Morgan fingerprint density at radius 2 is 2.08 bits per heavy atom. The molecular formula is C17H29N5O2. The Morgan fingerprint density at radius 1 is 1.33 bits per heavy atom. The van der Waals surface area contributed by atoms with Crippen molar-refractivity contribution in [2.24, 2.45) is 7.05 Å². The SMILES string of the molecule is CC(NC(=O)N1CCC(c2nccn2C)C1)C(C)N1CCOCC1. The molecule has 0 bridgehead atoms. The molecule has 1 N–H and O–H groups in total. The first kappa shape index (κ1) is 17.2. The number of urea groups is 1. The highest BCUT2D eigenvalue weighted by Crippen LogP contribution is 2.25. The normalized spacial score (nSPS) is 24.8. The van der Waals surface area contributed by atoms with E-state index in [0.717, 1.165) is 51.6 Å². The van der Waals surface area contributed by atoms with Gasteiger partial charge >= 0.3 is 6.03 Å². The smallest absolute Gasteiger partial charge is 0.317 e. The molecule has 3 heterocycles. The lowest BCUT2D eigenvalue weighted by atomic mass is 10.1. The molecule has 2 fully saturated rings. The fraction of sp³-hybridized carbons (Fsp3) is 0.765. The molecule has 0 aromatic carbocycles. The molecule has 3 atom stereocenters. The monoisotopic (exact) mass is 335 g/mol. The van der Waals surface area contributed by atoms with Gasteiger partial charge in [-0.25, -0.2) is 9.78 Å². The van der Waals surface area contributed by atoms with Gasteiger partial charge in [-0.2, -0.15) is 0 Å². The Bertz CT molecular complexity index is 555. The van der Waals surface area contributed by atoms with Crippen LogP contribution in [0.4, 0.5) is 4.79 Å². The number of amides is 2. The second-order valence-corrected chi connectivity index (χ2v) is 6.96. The van der Waals surface area contributed by atoms with Crippen LogP contribution in [-0.2, 0) is 11.8 Å². The third-order valence-corrected chi connectivity index (χ3v) is 5.40. The van der Waals surface area contributed by atoms with Crippen molar-refractivity contribution in [3.8, 4) is 0 Å². The number of hydrogen-bond acceptors (Lipinski definition) is 4. The first-order valence-electron chi connectivity index (χ1n) is 8.90. The van der Waals surface area contributed by atoms with Gasteiger partial charge in [0.25, 0.3) is 0 Å². The summed E-state index contributed by atoms with van der Waals surface area (Å²) in [4.78, 5) is 21.3. The average Bonchev–Trinajstić information content (AvgIpc) is 3.23. The largest absolute Gasteiger partial charge is 0.379 e. The minimum atomic E-state index is 0.0410. The molecule has 0 saturated carbocycles. The maximum absolute atomic E-state index is 12.6. The molecule has 1 aromatic rings. The number of aryl methyl sites for hydroxylation is 1. The summed E-state index contributed by atoms with van der Waals surface area (Å²) in [7, 11) is 2.01. The molecule has 2 saturated heterocycles. The molecule has 7 heteroatoms. The standard InChI is InChI=1S/C17H29N5O2/c1-13(14(2)21-8-10-24-11-9-21)19-17(23)22-6-4-15(12-22)16-18-5-7-20(16)3/h5,7,13-15H,4,6,8-12H2,1-3H3,(H,19,23). The lowest BCUT2D eigenvalue weighted by Crippen LogP contribution is -2.54. The van der Waals surface area contributed by atoms with Gasteiger partial charge in [0.05, 0.1) is 13.2 Å². The van der Waals surface area contributed by atoms with Crippen molar-refractivity contribution < 1.29 is 9.53 Å². The van der Waals surface area contributed by atoms with E-state index in [-0.39, 0.29) is 12.1 Å². The first-order chi connectivity index (χ1) is 11.6. The summed E-state index contributed by atoms with van der Waals surface area (Å²) in [6, 6.07) is 0.466. The zero-order valence-corrected chi connectivity index (χ0v) is 14.9. The molecule has 24 heavy (non-hydrogen) atoms. The fourth-order valence-electron chi connectivity index (χ4n) is 3.63. The minimum Gasteiger partial charge on any atom is -0.379 e. The first-order valence-corrected chi connectivity index (χ1v) is 8.90. The number of morpholine rings is 1. The van der Waals surface area contributed by atoms with Crippen molar-refractivity contribution >= 4 is 6.03 Å². The van der Waals surface area contributed by atoms with Crippen LogP contribution < -0.4 is 5.32 Å². The van der Waals surface area contributed by atoms with Crippen molar-refractivity contribution in [2.75, 3.05) is 39.4 Å². The summed E-state index contributed by atoms with van der Waals surface area (Å²) in [5.41, 5.74) is 0. The van der Waals surface area contributed by atoms with E-state index in [1.165, 1.54) is 0 Å². The Balaban J connectivity index is 1.50. The lowest BCUT2D eigenvalue weighted by molar-refractivity contribution is 0.0142. The highest BCUT2D eigenvalue weighted by Gasteiger charge is 2.31. The molecule has 0 spiro atoms. The third kappa shape index (κ3) is 3.72. The second kappa shape index (κ2) is 7.53. The molecule has 7 nitrogen and oxygen atoms in total. The predicted molar refractivity (Wildman–Crippen MR) is 92.0 cm³/mol. The van der Waals surface area contributed by atoms with Crippen LogP contribution in [0.25, 0.3) is 0 Å². The van der Waals surface area contributed by atoms with E-state index in [1.54, 1.807) is 0 Å². The number of carbonyl (C=O) groups is 1. The number of aromatic nitrogens is 2. The van der Waals surface area contributed by atoms with Crippen LogP contribution in [0.2, 0.25) is 0 Å². The maximum Gasteiger partial charge on any atom is 0.317 e. The van der Waals surface area contributed by atoms with Crippen LogP contribution >= 0.6 is 0 Å². The molecule has 2 amide bonds. The van der Waals surface area contributed by atoms with E-state index >= 15 is 0 Å². The molecule has 1 aromatic heterocycles. The van der Waals surface area contributed by atoms with Crippen molar-refractivity contribution in [2.45, 2.75) is 38.3 Å². The summed E-state index contributed by atoms with van der Waals surface area (Å²) in [6.45, 7) is 9.24. The number of nitrogens with zero attached hydrogens (tertiary/aromatic N) is 4. The maximum atomic E-state index is 12.6. The van der Waals surface area contributed by atoms with Gasteiger partial charge in [0.2, 0.25) is 0 Å². The van der Waals surface area contributed by atoms with Gasteiger partial charge in [-0.1, -0.05) is 0 Å². The Hall–Kier alpha value is -1.60. The zero-order valence-electron chi connectivity index (χ0n) is 14.9. The summed E-state index contributed by atoms with van der Waals surface area (Å²) < 4.78 is 7.45. The van der Waals surface area contributed by atoms with Crippen molar-refractivity contribution in [3.63, 3.8) is 0 Å². The number of ether oxygens (including phenoxy) is 1. The van der Waals surface area contributed by atoms with Gasteiger partial charge in [0.1, 0.15) is 5.82 Å². The topological polar surface area (TPSA) is 62.6 Å². The third-order valence-electron chi connectivity index (χ3n) is 5.40. The van der Waals surface area contributed by atoms with Crippen LogP contribution in [0, 0.1) is 0 Å². The van der Waals surface area contributed by atoms with E-state index in [4.69, 9.17) is 4.74 Å². The van der Waals surface area contributed by atoms with Crippen molar-refractivity contribution in [1.82, 2.24) is 24.7 Å². The summed E-state index contributed by atoms with van der Waals surface area (Å²) in [5, 5.41) is 3.18. The van der Waals surface area contributed by atoms with Crippen molar-refractivity contribution in [1.29, 1.82) is 0 Å². The van der Waals surface area contributed by atoms with Gasteiger partial charge in [0.15, 0.2) is 0 Å². The van der Waals surface area contributed by atoms with E-state index in [1.807, 2.05) is 24.3 Å².